The van der Waals surface area contributed by atoms with Gasteiger partial charge in [0.15, 0.2) is 0 Å². The fourth-order valence-electron chi connectivity index (χ4n) is 3.17. The zero-order valence-electron chi connectivity index (χ0n) is 18.3. The van der Waals surface area contributed by atoms with E-state index in [9.17, 15) is 13.2 Å². The molecule has 1 amide bonds. The maximum Gasteiger partial charge on any atom is 0.240 e. The van der Waals surface area contributed by atoms with Crippen LogP contribution in [0.1, 0.15) is 17.5 Å². The molecule has 0 aliphatic heterocycles. The Morgan fingerprint density at radius 3 is 2.16 bits per heavy atom. The molecule has 32 heavy (non-hydrogen) atoms. The zero-order chi connectivity index (χ0) is 23.0. The van der Waals surface area contributed by atoms with Crippen LogP contribution < -0.4 is 14.4 Å². The van der Waals surface area contributed by atoms with Crippen LogP contribution in [0.4, 0.5) is 5.69 Å². The highest BCUT2D eigenvalue weighted by Gasteiger charge is 2.20. The predicted octanol–water partition coefficient (Wildman–Crippen LogP) is 4.30. The lowest BCUT2D eigenvalue weighted by Crippen LogP contribution is -2.40. The minimum Gasteiger partial charge on any atom is -0.457 e. The summed E-state index contributed by atoms with van der Waals surface area (Å²) >= 11 is 0. The first-order valence-corrected chi connectivity index (χ1v) is 12.3. The lowest BCUT2D eigenvalue weighted by molar-refractivity contribution is -0.119. The van der Waals surface area contributed by atoms with Crippen LogP contribution in [0.15, 0.2) is 78.9 Å². The van der Waals surface area contributed by atoms with Gasteiger partial charge < -0.3 is 10.1 Å². The van der Waals surface area contributed by atoms with Crippen LogP contribution in [0.5, 0.6) is 11.5 Å². The minimum absolute atomic E-state index is 0.276. The Bertz CT molecular complexity index is 1110. The largest absolute Gasteiger partial charge is 0.457 e. The van der Waals surface area contributed by atoms with Crippen LogP contribution in [0.25, 0.3) is 0 Å². The summed E-state index contributed by atoms with van der Waals surface area (Å²) in [5, 5.41) is 2.81. The molecule has 0 bridgehead atoms. The third-order valence-electron chi connectivity index (χ3n) is 4.88. The number of rotatable bonds is 10. The molecule has 0 saturated heterocycles. The molecule has 0 aliphatic carbocycles. The number of hydrogen-bond acceptors (Lipinski definition) is 4. The van der Waals surface area contributed by atoms with Crippen molar-refractivity contribution >= 4 is 21.6 Å². The third kappa shape index (κ3) is 7.13. The Labute approximate surface area is 189 Å². The van der Waals surface area contributed by atoms with Gasteiger partial charge in [-0.25, -0.2) is 8.42 Å². The maximum atomic E-state index is 12.4. The van der Waals surface area contributed by atoms with E-state index in [1.54, 1.807) is 24.3 Å². The molecule has 168 valence electrons. The first-order chi connectivity index (χ1) is 15.3. The lowest BCUT2D eigenvalue weighted by atomic mass is 10.1. The maximum absolute atomic E-state index is 12.4. The van der Waals surface area contributed by atoms with Gasteiger partial charge in [0, 0.05) is 6.54 Å². The van der Waals surface area contributed by atoms with Crippen molar-refractivity contribution in [1.29, 1.82) is 0 Å². The average Bonchev–Trinajstić information content (AvgIpc) is 2.77. The monoisotopic (exact) mass is 452 g/mol. The number of aryl methyl sites for hydroxylation is 2. The second-order valence-electron chi connectivity index (χ2n) is 7.62. The predicted molar refractivity (Wildman–Crippen MR) is 128 cm³/mol. The van der Waals surface area contributed by atoms with Crippen LogP contribution in [-0.4, -0.2) is 33.7 Å². The number of anilines is 1. The summed E-state index contributed by atoms with van der Waals surface area (Å²) in [6, 6.07) is 24.2. The summed E-state index contributed by atoms with van der Waals surface area (Å²) in [4.78, 5) is 12.4. The van der Waals surface area contributed by atoms with E-state index in [2.05, 4.69) is 29.6 Å². The van der Waals surface area contributed by atoms with Crippen molar-refractivity contribution < 1.29 is 17.9 Å². The number of sulfonamides is 1. The van der Waals surface area contributed by atoms with Gasteiger partial charge >= 0.3 is 0 Å². The normalized spacial score (nSPS) is 11.1. The number of carbonyl (C=O) groups is 1. The Morgan fingerprint density at radius 1 is 0.906 bits per heavy atom. The average molecular weight is 453 g/mol. The molecule has 0 heterocycles. The van der Waals surface area contributed by atoms with E-state index in [1.807, 2.05) is 37.3 Å². The minimum atomic E-state index is -3.63. The number of para-hydroxylation sites is 1. The molecular formula is C25H28N2O4S. The van der Waals surface area contributed by atoms with Crippen molar-refractivity contribution in [2.75, 3.05) is 23.7 Å². The first-order valence-electron chi connectivity index (χ1n) is 10.4. The summed E-state index contributed by atoms with van der Waals surface area (Å²) in [6.07, 6.45) is 2.71. The van der Waals surface area contributed by atoms with Gasteiger partial charge in [0.1, 0.15) is 18.0 Å². The molecule has 3 rings (SSSR count). The number of hydrogen-bond donors (Lipinski definition) is 1. The van der Waals surface area contributed by atoms with E-state index < -0.39 is 10.0 Å². The van der Waals surface area contributed by atoms with Crippen molar-refractivity contribution in [3.63, 3.8) is 0 Å². The first kappa shape index (κ1) is 23.3. The zero-order valence-corrected chi connectivity index (χ0v) is 19.1. The van der Waals surface area contributed by atoms with E-state index in [4.69, 9.17) is 4.74 Å². The Morgan fingerprint density at radius 2 is 1.53 bits per heavy atom. The molecule has 3 aromatic carbocycles. The second-order valence-corrected chi connectivity index (χ2v) is 9.52. The molecule has 0 aromatic heterocycles. The molecule has 3 aromatic rings. The Hall–Kier alpha value is -3.32. The van der Waals surface area contributed by atoms with Gasteiger partial charge in [-0.05, 0) is 61.7 Å². The molecule has 0 saturated carbocycles. The number of benzene rings is 3. The number of ether oxygens (including phenoxy) is 1. The van der Waals surface area contributed by atoms with E-state index in [1.165, 1.54) is 11.1 Å². The Balaban J connectivity index is 1.55. The number of carbonyl (C=O) groups excluding carboxylic acids is 1. The second kappa shape index (κ2) is 10.8. The summed E-state index contributed by atoms with van der Waals surface area (Å²) in [6.45, 7) is 2.25. The molecular weight excluding hydrogens is 424 g/mol. The van der Waals surface area contributed by atoms with Gasteiger partial charge in [-0.15, -0.1) is 0 Å². The van der Waals surface area contributed by atoms with E-state index in [-0.39, 0.29) is 12.5 Å². The summed E-state index contributed by atoms with van der Waals surface area (Å²) < 4.78 is 31.4. The van der Waals surface area contributed by atoms with Crippen molar-refractivity contribution in [3.05, 3.63) is 90.0 Å². The van der Waals surface area contributed by atoms with Crippen molar-refractivity contribution in [2.24, 2.45) is 0 Å². The summed E-state index contributed by atoms with van der Waals surface area (Å²) in [5.74, 6) is 0.920. The molecule has 0 aliphatic rings. The van der Waals surface area contributed by atoms with Crippen LogP contribution in [0, 0.1) is 6.92 Å². The topological polar surface area (TPSA) is 75.7 Å². The Kier molecular flexibility index (Phi) is 7.89. The fourth-order valence-corrected chi connectivity index (χ4v) is 4.02. The molecule has 0 atom stereocenters. The van der Waals surface area contributed by atoms with Crippen LogP contribution >= 0.6 is 0 Å². The van der Waals surface area contributed by atoms with Gasteiger partial charge in [0.05, 0.1) is 11.9 Å². The van der Waals surface area contributed by atoms with Crippen LogP contribution in [0.3, 0.4) is 0 Å². The summed E-state index contributed by atoms with van der Waals surface area (Å²) in [7, 11) is -3.63. The van der Waals surface area contributed by atoms with Crippen molar-refractivity contribution in [3.8, 4) is 11.5 Å². The molecule has 0 unspecified atom stereocenters. The van der Waals surface area contributed by atoms with Crippen LogP contribution in [-0.2, 0) is 21.2 Å². The molecule has 0 radical (unpaired) electrons. The SMILES string of the molecule is Cc1ccc(CCCNC(=O)CN(c2ccc(Oc3ccccc3)cc2)S(C)(=O)=O)cc1. The molecule has 0 fully saturated rings. The number of nitrogens with zero attached hydrogens (tertiary/aromatic N) is 1. The molecule has 7 heteroatoms. The highest BCUT2D eigenvalue weighted by atomic mass is 32.2. The highest BCUT2D eigenvalue weighted by Crippen LogP contribution is 2.25. The molecule has 6 nitrogen and oxygen atoms in total. The van der Waals surface area contributed by atoms with Gasteiger partial charge in [0.25, 0.3) is 0 Å². The number of amides is 1. The van der Waals surface area contributed by atoms with Gasteiger partial charge in [0.2, 0.25) is 15.9 Å². The van der Waals surface area contributed by atoms with Gasteiger partial charge in [-0.3, -0.25) is 9.10 Å². The smallest absolute Gasteiger partial charge is 0.240 e. The van der Waals surface area contributed by atoms with Crippen LogP contribution in [0.2, 0.25) is 0 Å². The molecule has 0 spiro atoms. The fraction of sp³-hybridized carbons (Fsp3) is 0.240. The molecule has 1 N–H and O–H groups in total. The van der Waals surface area contributed by atoms with E-state index in [0.717, 1.165) is 23.4 Å². The highest BCUT2D eigenvalue weighted by molar-refractivity contribution is 7.92. The van der Waals surface area contributed by atoms with E-state index in [0.29, 0.717) is 23.7 Å². The number of nitrogens with one attached hydrogen (secondary N) is 1. The van der Waals surface area contributed by atoms with Gasteiger partial charge in [-0.1, -0.05) is 48.0 Å². The quantitative estimate of drug-likeness (QED) is 0.465. The standard InChI is InChI=1S/C25H28N2O4S/c1-20-10-12-21(13-11-20)7-6-18-26-25(28)19-27(32(2,29)30)22-14-16-24(17-15-22)31-23-8-4-3-5-9-23/h3-5,8-17H,6-7,18-19H2,1-2H3,(H,26,28). The third-order valence-corrected chi connectivity index (χ3v) is 6.02. The van der Waals surface area contributed by atoms with Crippen molar-refractivity contribution in [1.82, 2.24) is 5.32 Å². The van der Waals surface area contributed by atoms with Gasteiger partial charge in [-0.2, -0.15) is 0 Å². The van der Waals surface area contributed by atoms with E-state index >= 15 is 0 Å². The lowest BCUT2D eigenvalue weighted by Gasteiger charge is -2.22. The summed E-state index contributed by atoms with van der Waals surface area (Å²) in [5.41, 5.74) is 2.82. The van der Waals surface area contributed by atoms with Crippen molar-refractivity contribution in [2.45, 2.75) is 19.8 Å².